The zero-order valence-electron chi connectivity index (χ0n) is 17.3. The Hall–Kier alpha value is -2.70. The summed E-state index contributed by atoms with van der Waals surface area (Å²) >= 11 is 6.48. The van der Waals surface area contributed by atoms with Crippen LogP contribution >= 0.6 is 11.6 Å². The number of hydrogen-bond donors (Lipinski definition) is 1. The molecular weight excluding hydrogens is 412 g/mol. The summed E-state index contributed by atoms with van der Waals surface area (Å²) in [5.74, 6) is 0.642. The van der Waals surface area contributed by atoms with Gasteiger partial charge in [-0.05, 0) is 62.2 Å². The number of aryl methyl sites for hydroxylation is 1. The maximum atomic E-state index is 13.0. The Morgan fingerprint density at radius 1 is 1.10 bits per heavy atom. The van der Waals surface area contributed by atoms with Gasteiger partial charge in [0, 0.05) is 30.1 Å². The van der Waals surface area contributed by atoms with Gasteiger partial charge in [-0.2, -0.15) is 0 Å². The molecule has 2 aliphatic heterocycles. The van der Waals surface area contributed by atoms with Crippen LogP contribution < -0.4 is 10.9 Å². The molecule has 6 nitrogen and oxygen atoms in total. The lowest BCUT2D eigenvalue weighted by Gasteiger charge is -2.29. The van der Waals surface area contributed by atoms with E-state index in [4.69, 9.17) is 11.6 Å². The van der Waals surface area contributed by atoms with Crippen molar-refractivity contribution in [3.05, 3.63) is 74.8 Å². The molecule has 0 spiro atoms. The Bertz CT molecular complexity index is 1200. The monoisotopic (exact) mass is 436 g/mol. The molecule has 5 rings (SSSR count). The van der Waals surface area contributed by atoms with Gasteiger partial charge in [0.05, 0.1) is 16.9 Å². The number of aromatic nitrogens is 2. The molecule has 1 amide bonds. The number of benzene rings is 2. The van der Waals surface area contributed by atoms with Crippen molar-refractivity contribution in [2.24, 2.45) is 0 Å². The third-order valence-electron chi connectivity index (χ3n) is 6.38. The first kappa shape index (κ1) is 20.2. The van der Waals surface area contributed by atoms with Crippen molar-refractivity contribution in [2.75, 3.05) is 19.6 Å². The SMILES string of the molecule is O=C(NC[C@H](c1ccccc1Cl)N1CCCC1)c1ccc2c(=O)n3c(nc2c1)CCC3. The molecule has 31 heavy (non-hydrogen) atoms. The minimum atomic E-state index is -0.166. The van der Waals surface area contributed by atoms with E-state index in [1.54, 1.807) is 22.8 Å². The van der Waals surface area contributed by atoms with E-state index in [-0.39, 0.29) is 17.5 Å². The number of carbonyl (C=O) groups excluding carboxylic acids is 1. The lowest BCUT2D eigenvalue weighted by atomic mass is 10.0. The van der Waals surface area contributed by atoms with Gasteiger partial charge in [-0.25, -0.2) is 4.98 Å². The highest BCUT2D eigenvalue weighted by Crippen LogP contribution is 2.29. The van der Waals surface area contributed by atoms with Crippen molar-refractivity contribution in [3.8, 4) is 0 Å². The average Bonchev–Trinajstić information content (AvgIpc) is 3.47. The quantitative estimate of drug-likeness (QED) is 0.664. The van der Waals surface area contributed by atoms with Crippen LogP contribution in [0.15, 0.2) is 47.3 Å². The molecule has 1 atom stereocenters. The lowest BCUT2D eigenvalue weighted by Crippen LogP contribution is -2.37. The molecule has 3 heterocycles. The molecule has 160 valence electrons. The predicted octanol–water partition coefficient (Wildman–Crippen LogP) is 3.56. The molecule has 0 unspecified atom stereocenters. The smallest absolute Gasteiger partial charge is 0.261 e. The minimum Gasteiger partial charge on any atom is -0.350 e. The van der Waals surface area contributed by atoms with E-state index >= 15 is 0 Å². The minimum absolute atomic E-state index is 0.0164. The number of nitrogens with one attached hydrogen (secondary N) is 1. The first-order valence-corrected chi connectivity index (χ1v) is 11.3. The Kier molecular flexibility index (Phi) is 5.50. The van der Waals surface area contributed by atoms with Crippen molar-refractivity contribution in [2.45, 2.75) is 38.3 Å². The van der Waals surface area contributed by atoms with Gasteiger partial charge in [-0.3, -0.25) is 19.1 Å². The van der Waals surface area contributed by atoms with Crippen molar-refractivity contribution >= 4 is 28.4 Å². The van der Waals surface area contributed by atoms with Crippen LogP contribution in [-0.4, -0.2) is 40.0 Å². The summed E-state index contributed by atoms with van der Waals surface area (Å²) in [4.78, 5) is 32.6. The number of halogens is 1. The van der Waals surface area contributed by atoms with E-state index in [0.29, 0.717) is 23.0 Å². The van der Waals surface area contributed by atoms with E-state index in [1.165, 1.54) is 0 Å². The van der Waals surface area contributed by atoms with Crippen LogP contribution in [0.2, 0.25) is 5.02 Å². The number of hydrogen-bond acceptors (Lipinski definition) is 4. The summed E-state index contributed by atoms with van der Waals surface area (Å²) in [7, 11) is 0. The number of fused-ring (bicyclic) bond motifs is 2. The average molecular weight is 437 g/mol. The van der Waals surface area contributed by atoms with E-state index in [2.05, 4.69) is 15.2 Å². The Morgan fingerprint density at radius 2 is 1.90 bits per heavy atom. The fourth-order valence-electron chi connectivity index (χ4n) is 4.75. The van der Waals surface area contributed by atoms with Crippen LogP contribution in [0.3, 0.4) is 0 Å². The Morgan fingerprint density at radius 3 is 2.71 bits per heavy atom. The summed E-state index contributed by atoms with van der Waals surface area (Å²) in [5, 5.41) is 4.37. The highest BCUT2D eigenvalue weighted by Gasteiger charge is 2.26. The molecule has 3 aromatic rings. The molecule has 2 aromatic carbocycles. The van der Waals surface area contributed by atoms with Crippen LogP contribution in [0.1, 0.15) is 47.1 Å². The second kappa shape index (κ2) is 8.44. The molecular formula is C24H25ClN4O2. The first-order chi connectivity index (χ1) is 15.1. The van der Waals surface area contributed by atoms with Crippen molar-refractivity contribution in [1.29, 1.82) is 0 Å². The van der Waals surface area contributed by atoms with E-state index in [9.17, 15) is 9.59 Å². The van der Waals surface area contributed by atoms with Crippen LogP contribution in [0.25, 0.3) is 10.9 Å². The number of carbonyl (C=O) groups is 1. The van der Waals surface area contributed by atoms with Gasteiger partial charge in [0.15, 0.2) is 0 Å². The zero-order chi connectivity index (χ0) is 21.4. The third kappa shape index (κ3) is 3.86. The molecule has 2 aliphatic rings. The second-order valence-corrected chi connectivity index (χ2v) is 8.72. The molecule has 1 aromatic heterocycles. The third-order valence-corrected chi connectivity index (χ3v) is 6.72. The molecule has 1 N–H and O–H groups in total. The number of nitrogens with zero attached hydrogens (tertiary/aromatic N) is 3. The van der Waals surface area contributed by atoms with Crippen molar-refractivity contribution in [3.63, 3.8) is 0 Å². The van der Waals surface area contributed by atoms with Gasteiger partial charge in [0.25, 0.3) is 11.5 Å². The van der Waals surface area contributed by atoms with Gasteiger partial charge in [0.2, 0.25) is 0 Å². The standard InChI is InChI=1S/C24H25ClN4O2/c25-19-7-2-1-6-17(19)21(28-11-3-4-12-28)15-26-23(30)16-9-10-18-20(14-16)27-22-8-5-13-29(22)24(18)31/h1-2,6-7,9-10,14,21H,3-5,8,11-13,15H2,(H,26,30)/t21-/m1/s1. The summed E-state index contributed by atoms with van der Waals surface area (Å²) in [6, 6.07) is 13.0. The number of rotatable bonds is 5. The van der Waals surface area contributed by atoms with Gasteiger partial charge >= 0.3 is 0 Å². The first-order valence-electron chi connectivity index (χ1n) is 10.9. The topological polar surface area (TPSA) is 67.2 Å². The maximum absolute atomic E-state index is 13.0. The fraction of sp³-hybridized carbons (Fsp3) is 0.375. The molecule has 1 saturated heterocycles. The van der Waals surface area contributed by atoms with Gasteiger partial charge in [0.1, 0.15) is 5.82 Å². The van der Waals surface area contributed by atoms with Crippen LogP contribution in [0.5, 0.6) is 0 Å². The highest BCUT2D eigenvalue weighted by molar-refractivity contribution is 6.31. The predicted molar refractivity (Wildman–Crippen MR) is 122 cm³/mol. The van der Waals surface area contributed by atoms with E-state index in [0.717, 1.165) is 61.7 Å². The van der Waals surface area contributed by atoms with Crippen LogP contribution in [0, 0.1) is 0 Å². The Balaban J connectivity index is 1.38. The molecule has 0 bridgehead atoms. The summed E-state index contributed by atoms with van der Waals surface area (Å²) < 4.78 is 1.74. The molecule has 7 heteroatoms. The fourth-order valence-corrected chi connectivity index (χ4v) is 5.01. The summed E-state index contributed by atoms with van der Waals surface area (Å²) in [6.45, 7) is 3.20. The van der Waals surface area contributed by atoms with Crippen molar-refractivity contribution < 1.29 is 4.79 Å². The zero-order valence-corrected chi connectivity index (χ0v) is 18.1. The number of amides is 1. The van der Waals surface area contributed by atoms with Crippen LogP contribution in [-0.2, 0) is 13.0 Å². The van der Waals surface area contributed by atoms with Gasteiger partial charge < -0.3 is 5.32 Å². The molecule has 0 aliphatic carbocycles. The van der Waals surface area contributed by atoms with Gasteiger partial charge in [-0.15, -0.1) is 0 Å². The largest absolute Gasteiger partial charge is 0.350 e. The van der Waals surface area contributed by atoms with Gasteiger partial charge in [-0.1, -0.05) is 29.8 Å². The molecule has 1 fully saturated rings. The summed E-state index contributed by atoms with van der Waals surface area (Å²) in [5.41, 5.74) is 2.13. The van der Waals surface area contributed by atoms with E-state index < -0.39 is 0 Å². The molecule has 0 radical (unpaired) electrons. The second-order valence-electron chi connectivity index (χ2n) is 8.31. The number of likely N-dealkylation sites (tertiary alicyclic amines) is 1. The van der Waals surface area contributed by atoms with E-state index in [1.807, 2.05) is 24.3 Å². The van der Waals surface area contributed by atoms with Crippen LogP contribution in [0.4, 0.5) is 0 Å². The highest BCUT2D eigenvalue weighted by atomic mass is 35.5. The lowest BCUT2D eigenvalue weighted by molar-refractivity contribution is 0.0938. The Labute approximate surface area is 185 Å². The molecule has 0 saturated carbocycles. The normalized spacial score (nSPS) is 17.1. The maximum Gasteiger partial charge on any atom is 0.261 e. The van der Waals surface area contributed by atoms with Crippen molar-refractivity contribution in [1.82, 2.24) is 19.8 Å². The summed E-state index contributed by atoms with van der Waals surface area (Å²) in [6.07, 6.45) is 4.05.